The molecule has 2 aliphatic heterocycles. The van der Waals surface area contributed by atoms with Crippen molar-refractivity contribution in [2.75, 3.05) is 92.9 Å². The monoisotopic (exact) mass is 1030 g/mol. The molecule has 2 amide bonds. The molecule has 2 heterocycles. The molecule has 2 fully saturated rings. The van der Waals surface area contributed by atoms with Gasteiger partial charge in [-0.3, -0.25) is 19.4 Å². The Morgan fingerprint density at radius 3 is 1.14 bits per heavy atom. The van der Waals surface area contributed by atoms with Crippen molar-refractivity contribution in [2.45, 2.75) is 34.5 Å². The van der Waals surface area contributed by atoms with E-state index in [0.717, 1.165) is 26.4 Å². The fourth-order valence-corrected chi connectivity index (χ4v) is 9.72. The van der Waals surface area contributed by atoms with Crippen LogP contribution in [-0.4, -0.2) is 135 Å². The number of halogens is 12. The molecular formula is C48H46F12N4O6S. The van der Waals surface area contributed by atoms with Crippen LogP contribution in [0.3, 0.4) is 0 Å². The summed E-state index contributed by atoms with van der Waals surface area (Å²) >= 11 is -0.645. The van der Waals surface area contributed by atoms with Crippen molar-refractivity contribution in [3.8, 4) is 33.8 Å². The van der Waals surface area contributed by atoms with Crippen LogP contribution in [0.15, 0.2) is 82.6 Å². The van der Waals surface area contributed by atoms with Crippen LogP contribution in [0.25, 0.3) is 34.4 Å². The van der Waals surface area contributed by atoms with E-state index in [4.69, 9.17) is 9.47 Å². The van der Waals surface area contributed by atoms with Crippen LogP contribution in [0.4, 0.5) is 52.7 Å². The molecule has 2 aliphatic rings. The molecule has 0 bridgehead atoms. The largest absolute Gasteiger partial charge is 0.496 e. The lowest BCUT2D eigenvalue weighted by Gasteiger charge is -2.33. The summed E-state index contributed by atoms with van der Waals surface area (Å²) in [4.78, 5) is 29.6. The number of β-amino-alcohol motifs (C(OH)–C–C–N with tert-alkyl or cyclic N) is 2. The second-order valence-corrected chi connectivity index (χ2v) is 17.2. The van der Waals surface area contributed by atoms with E-state index in [9.17, 15) is 19.8 Å². The van der Waals surface area contributed by atoms with Gasteiger partial charge < -0.3 is 29.5 Å². The first-order valence-corrected chi connectivity index (χ1v) is 22.5. The standard InChI is InChI=1S/C48H46F12N4O6S/c1-69-35-9-5-3-7-29(35)33-27-37(43(47(55,56)57)41(45(49,50)51)31(33)11-13-39(67)63-19-15-61(16-20-63)23-25-65)71-38-28-34(30-8-4-6-10-36(30)70-2)32(42(46(52,53)54)44(38)48(58,59)60)12-14-40(68)64-21-17-62(18-22-64)24-26-66/h3-14,27-28,65-66H,15-26H2,1-2H3/b13-11+,14-12+. The number of nitrogens with zero attached hydrogens (tertiary/aromatic N) is 4. The van der Waals surface area contributed by atoms with Gasteiger partial charge in [0.2, 0.25) is 11.8 Å². The summed E-state index contributed by atoms with van der Waals surface area (Å²) in [6, 6.07) is 10.9. The number of hydrogen-bond donors (Lipinski definition) is 2. The molecule has 23 heteroatoms. The molecule has 0 atom stereocenters. The average Bonchev–Trinajstić information content (AvgIpc) is 3.31. The summed E-state index contributed by atoms with van der Waals surface area (Å²) in [5.41, 5.74) is -14.7. The zero-order valence-corrected chi connectivity index (χ0v) is 38.6. The van der Waals surface area contributed by atoms with Gasteiger partial charge in [0, 0.05) is 98.5 Å². The maximum Gasteiger partial charge on any atom is 0.418 e. The van der Waals surface area contributed by atoms with Crippen molar-refractivity contribution in [1.29, 1.82) is 0 Å². The maximum atomic E-state index is 15.6. The summed E-state index contributed by atoms with van der Waals surface area (Å²) in [5, 5.41) is 18.5. The fraction of sp³-hybridized carbons (Fsp3) is 0.375. The number of aliphatic hydroxyl groups is 2. The molecule has 0 aliphatic carbocycles. The van der Waals surface area contributed by atoms with E-state index in [1.807, 2.05) is 0 Å². The molecule has 2 N–H and O–H groups in total. The van der Waals surface area contributed by atoms with E-state index >= 15 is 52.7 Å². The second kappa shape index (κ2) is 22.3. The molecule has 2 saturated heterocycles. The number of carbonyl (C=O) groups excluding carboxylic acids is 2. The number of para-hydroxylation sites is 2. The molecular weight excluding hydrogens is 989 g/mol. The Hall–Kier alpha value is -5.75. The SMILES string of the molecule is COc1ccccc1-c1cc(Sc2cc(-c3ccccc3OC)c(/C=C/C(=O)N3CCN(CCO)CC3)c(C(F)(F)F)c2C(F)(F)F)c(C(F)(F)F)c(C(F)(F)F)c1/C=C/C(=O)N1CCN(CCO)CC1. The van der Waals surface area contributed by atoms with Gasteiger partial charge in [0.25, 0.3) is 0 Å². The van der Waals surface area contributed by atoms with Crippen molar-refractivity contribution in [2.24, 2.45) is 0 Å². The van der Waals surface area contributed by atoms with Crippen LogP contribution < -0.4 is 9.47 Å². The van der Waals surface area contributed by atoms with E-state index in [1.54, 1.807) is 9.80 Å². The Balaban J connectivity index is 1.66. The van der Waals surface area contributed by atoms with Gasteiger partial charge in [-0.15, -0.1) is 0 Å². The van der Waals surface area contributed by atoms with Crippen molar-refractivity contribution < 1.29 is 82.0 Å². The van der Waals surface area contributed by atoms with Crippen LogP contribution in [0.2, 0.25) is 0 Å². The number of aliphatic hydroxyl groups excluding tert-OH is 2. The zero-order chi connectivity index (χ0) is 52.1. The Morgan fingerprint density at radius 1 is 0.521 bits per heavy atom. The van der Waals surface area contributed by atoms with E-state index in [-0.39, 0.29) is 101 Å². The summed E-state index contributed by atoms with van der Waals surface area (Å²) in [5.74, 6) is -2.28. The lowest BCUT2D eigenvalue weighted by molar-refractivity contribution is -0.164. The van der Waals surface area contributed by atoms with Gasteiger partial charge in [-0.05, 0) is 58.7 Å². The zero-order valence-electron chi connectivity index (χ0n) is 37.8. The van der Waals surface area contributed by atoms with Gasteiger partial charge in [-0.25, -0.2) is 0 Å². The van der Waals surface area contributed by atoms with Crippen LogP contribution >= 0.6 is 11.8 Å². The van der Waals surface area contributed by atoms with Crippen molar-refractivity contribution in [3.63, 3.8) is 0 Å². The number of methoxy groups -OCH3 is 2. The lowest BCUT2D eigenvalue weighted by atomic mass is 9.90. The van der Waals surface area contributed by atoms with Crippen molar-refractivity contribution >= 4 is 35.7 Å². The van der Waals surface area contributed by atoms with Crippen LogP contribution in [-0.2, 0) is 34.3 Å². The Kier molecular flexibility index (Phi) is 17.2. The van der Waals surface area contributed by atoms with Gasteiger partial charge in [-0.1, -0.05) is 48.2 Å². The van der Waals surface area contributed by atoms with Crippen molar-refractivity contribution in [3.05, 3.63) is 106 Å². The highest BCUT2D eigenvalue weighted by Gasteiger charge is 2.50. The minimum absolute atomic E-state index is 0.0324. The molecule has 0 aromatic heterocycles. The van der Waals surface area contributed by atoms with E-state index < -0.39 is 103 Å². The third-order valence-electron chi connectivity index (χ3n) is 11.8. The topological polar surface area (TPSA) is 106 Å². The molecule has 0 unspecified atom stereocenters. The number of piperazine rings is 2. The second-order valence-electron chi connectivity index (χ2n) is 16.1. The molecule has 10 nitrogen and oxygen atoms in total. The Labute approximate surface area is 403 Å². The molecule has 0 saturated carbocycles. The van der Waals surface area contributed by atoms with Crippen LogP contribution in [0.1, 0.15) is 33.4 Å². The summed E-state index contributed by atoms with van der Waals surface area (Å²) < 4.78 is 198. The van der Waals surface area contributed by atoms with Crippen LogP contribution in [0.5, 0.6) is 11.5 Å². The highest BCUT2D eigenvalue weighted by atomic mass is 32.2. The molecule has 4 aromatic carbocycles. The van der Waals surface area contributed by atoms with Gasteiger partial charge >= 0.3 is 24.7 Å². The molecule has 4 aromatic rings. The fourth-order valence-electron chi connectivity index (χ4n) is 8.49. The van der Waals surface area contributed by atoms with Crippen LogP contribution in [0, 0.1) is 0 Å². The highest BCUT2D eigenvalue weighted by molar-refractivity contribution is 7.99. The maximum absolute atomic E-state index is 15.6. The lowest BCUT2D eigenvalue weighted by Crippen LogP contribution is -2.48. The number of amides is 2. The Bertz CT molecular complexity index is 2440. The smallest absolute Gasteiger partial charge is 0.418 e. The number of benzene rings is 4. The third-order valence-corrected chi connectivity index (χ3v) is 12.9. The molecule has 0 radical (unpaired) electrons. The minimum atomic E-state index is -6.06. The summed E-state index contributed by atoms with van der Waals surface area (Å²) in [7, 11) is 2.16. The van der Waals surface area contributed by atoms with Gasteiger partial charge in [0.15, 0.2) is 0 Å². The van der Waals surface area contributed by atoms with Gasteiger partial charge in [0.05, 0.1) is 49.7 Å². The van der Waals surface area contributed by atoms with Gasteiger partial charge in [-0.2, -0.15) is 52.7 Å². The summed E-state index contributed by atoms with van der Waals surface area (Å²) in [6.45, 7) is 1.25. The first-order chi connectivity index (χ1) is 33.4. The number of carbonyl (C=O) groups is 2. The predicted molar refractivity (Wildman–Crippen MR) is 239 cm³/mol. The first kappa shape index (κ1) is 54.6. The summed E-state index contributed by atoms with van der Waals surface area (Å²) in [6.07, 6.45) is -21.9. The van der Waals surface area contributed by atoms with E-state index in [2.05, 4.69) is 0 Å². The number of alkyl halides is 12. The third kappa shape index (κ3) is 12.7. The molecule has 71 heavy (non-hydrogen) atoms. The van der Waals surface area contributed by atoms with E-state index in [0.29, 0.717) is 36.4 Å². The number of rotatable bonds is 14. The normalized spacial score (nSPS) is 15.8. The predicted octanol–water partition coefficient (Wildman–Crippen LogP) is 9.56. The highest BCUT2D eigenvalue weighted by Crippen LogP contribution is 2.56. The van der Waals surface area contributed by atoms with Crippen molar-refractivity contribution in [1.82, 2.24) is 19.6 Å². The first-order valence-electron chi connectivity index (χ1n) is 21.7. The Morgan fingerprint density at radius 2 is 0.845 bits per heavy atom. The quantitative estimate of drug-likeness (QED) is 0.0945. The molecule has 384 valence electrons. The molecule has 6 rings (SSSR count). The minimum Gasteiger partial charge on any atom is -0.496 e. The molecule has 0 spiro atoms. The number of hydrogen-bond acceptors (Lipinski definition) is 9. The average molecular weight is 1030 g/mol. The van der Waals surface area contributed by atoms with E-state index in [1.165, 1.54) is 46.2 Å². The van der Waals surface area contributed by atoms with Gasteiger partial charge in [0.1, 0.15) is 11.5 Å². The number of ether oxygens (including phenoxy) is 2.